The Morgan fingerprint density at radius 3 is 2.57 bits per heavy atom. The van der Waals surface area contributed by atoms with Crippen LogP contribution in [0.2, 0.25) is 5.02 Å². The summed E-state index contributed by atoms with van der Waals surface area (Å²) in [5, 5.41) is 11.7. The van der Waals surface area contributed by atoms with Gasteiger partial charge >= 0.3 is 5.97 Å². The van der Waals surface area contributed by atoms with Gasteiger partial charge in [0.1, 0.15) is 11.4 Å². The van der Waals surface area contributed by atoms with Crippen LogP contribution in [0.3, 0.4) is 0 Å². The summed E-state index contributed by atoms with van der Waals surface area (Å²) in [4.78, 5) is 23.1. The van der Waals surface area contributed by atoms with Gasteiger partial charge in [0.25, 0.3) is 5.91 Å². The Bertz CT molecular complexity index is 736. The minimum Gasteiger partial charge on any atom is -0.478 e. The first-order valence-corrected chi connectivity index (χ1v) is 6.85. The number of hydrogen-bond acceptors (Lipinski definition) is 2. The lowest BCUT2D eigenvalue weighted by molar-refractivity contribution is 0.0693. The summed E-state index contributed by atoms with van der Waals surface area (Å²) in [5.41, 5.74) is -0.482. The van der Waals surface area contributed by atoms with E-state index >= 15 is 0 Å². The number of aromatic carboxylic acids is 1. The molecule has 21 heavy (non-hydrogen) atoms. The van der Waals surface area contributed by atoms with E-state index in [2.05, 4.69) is 21.2 Å². The number of anilines is 1. The molecule has 7 heteroatoms. The van der Waals surface area contributed by atoms with Crippen molar-refractivity contribution in [2.75, 3.05) is 5.32 Å². The third kappa shape index (κ3) is 3.40. The molecule has 2 N–H and O–H groups in total. The van der Waals surface area contributed by atoms with Crippen LogP contribution in [-0.2, 0) is 0 Å². The molecule has 2 aromatic carbocycles. The Labute approximate surface area is 132 Å². The maximum atomic E-state index is 13.5. The van der Waals surface area contributed by atoms with Crippen molar-refractivity contribution in [2.45, 2.75) is 0 Å². The Balaban J connectivity index is 2.34. The first-order valence-electron chi connectivity index (χ1n) is 5.68. The van der Waals surface area contributed by atoms with Gasteiger partial charge < -0.3 is 10.4 Å². The fourth-order valence-corrected chi connectivity index (χ4v) is 2.10. The van der Waals surface area contributed by atoms with Gasteiger partial charge in [0.2, 0.25) is 0 Å². The number of amides is 1. The zero-order valence-electron chi connectivity index (χ0n) is 10.4. The normalized spacial score (nSPS) is 10.2. The Hall–Kier alpha value is -1.92. The van der Waals surface area contributed by atoms with Crippen LogP contribution >= 0.6 is 27.5 Å². The second kappa shape index (κ2) is 6.24. The highest BCUT2D eigenvalue weighted by Crippen LogP contribution is 2.24. The molecule has 2 rings (SSSR count). The monoisotopic (exact) mass is 371 g/mol. The standard InChI is InChI=1S/C14H8BrClFNO3/c15-8-5-4-7(6-9(8)16)13(19)18-11-3-1-2-10(17)12(11)14(20)21/h1-6H,(H,18,19)(H,20,21). The highest BCUT2D eigenvalue weighted by atomic mass is 79.9. The molecule has 0 aliphatic heterocycles. The molecule has 0 aliphatic rings. The van der Waals surface area contributed by atoms with E-state index in [0.717, 1.165) is 6.07 Å². The lowest BCUT2D eigenvalue weighted by Crippen LogP contribution is -2.15. The van der Waals surface area contributed by atoms with Gasteiger partial charge in [-0.05, 0) is 46.3 Å². The van der Waals surface area contributed by atoms with Gasteiger partial charge in [-0.1, -0.05) is 17.7 Å². The van der Waals surface area contributed by atoms with Crippen molar-refractivity contribution < 1.29 is 19.1 Å². The van der Waals surface area contributed by atoms with Crippen molar-refractivity contribution >= 4 is 45.1 Å². The fraction of sp³-hybridized carbons (Fsp3) is 0. The SMILES string of the molecule is O=C(Nc1cccc(F)c1C(=O)O)c1ccc(Br)c(Cl)c1. The van der Waals surface area contributed by atoms with Crippen molar-refractivity contribution in [2.24, 2.45) is 0 Å². The van der Waals surface area contributed by atoms with E-state index in [4.69, 9.17) is 16.7 Å². The number of rotatable bonds is 3. The summed E-state index contributed by atoms with van der Waals surface area (Å²) in [6.07, 6.45) is 0. The largest absolute Gasteiger partial charge is 0.478 e. The zero-order valence-corrected chi connectivity index (χ0v) is 12.7. The second-order valence-electron chi connectivity index (χ2n) is 4.05. The minimum absolute atomic E-state index is 0.119. The Morgan fingerprint density at radius 1 is 1.24 bits per heavy atom. The van der Waals surface area contributed by atoms with Crippen LogP contribution in [-0.4, -0.2) is 17.0 Å². The molecule has 1 amide bonds. The topological polar surface area (TPSA) is 66.4 Å². The van der Waals surface area contributed by atoms with E-state index in [-0.39, 0.29) is 11.3 Å². The van der Waals surface area contributed by atoms with E-state index in [1.54, 1.807) is 6.07 Å². The number of hydrogen-bond donors (Lipinski definition) is 2. The van der Waals surface area contributed by atoms with E-state index in [1.165, 1.54) is 24.3 Å². The highest BCUT2D eigenvalue weighted by Gasteiger charge is 2.18. The van der Waals surface area contributed by atoms with Gasteiger partial charge in [-0.3, -0.25) is 4.79 Å². The molecule has 0 aliphatic carbocycles. The van der Waals surface area contributed by atoms with E-state index in [1.807, 2.05) is 0 Å². The molecule has 0 bridgehead atoms. The van der Waals surface area contributed by atoms with Gasteiger partial charge in [-0.2, -0.15) is 0 Å². The minimum atomic E-state index is -1.46. The van der Waals surface area contributed by atoms with Gasteiger partial charge in [0.05, 0.1) is 10.7 Å². The molecular formula is C14H8BrClFNO3. The van der Waals surface area contributed by atoms with Crippen molar-refractivity contribution in [3.63, 3.8) is 0 Å². The maximum Gasteiger partial charge on any atom is 0.340 e. The van der Waals surface area contributed by atoms with Gasteiger partial charge in [-0.15, -0.1) is 0 Å². The lowest BCUT2D eigenvalue weighted by atomic mass is 10.1. The number of carboxylic acids is 1. The molecule has 4 nitrogen and oxygen atoms in total. The molecule has 0 spiro atoms. The predicted octanol–water partition coefficient (Wildman–Crippen LogP) is 4.19. The van der Waals surface area contributed by atoms with Crippen LogP contribution in [0.5, 0.6) is 0 Å². The molecule has 0 fully saturated rings. The number of nitrogens with one attached hydrogen (secondary N) is 1. The quantitative estimate of drug-likeness (QED) is 0.849. The number of carbonyl (C=O) groups excluding carboxylic acids is 1. The van der Waals surface area contributed by atoms with Crippen LogP contribution in [0.1, 0.15) is 20.7 Å². The summed E-state index contributed by atoms with van der Waals surface area (Å²) in [7, 11) is 0. The van der Waals surface area contributed by atoms with Crippen LogP contribution in [0, 0.1) is 5.82 Å². The summed E-state index contributed by atoms with van der Waals surface area (Å²) >= 11 is 9.08. The molecule has 0 saturated carbocycles. The smallest absolute Gasteiger partial charge is 0.340 e. The highest BCUT2D eigenvalue weighted by molar-refractivity contribution is 9.10. The van der Waals surface area contributed by atoms with Crippen molar-refractivity contribution in [1.82, 2.24) is 0 Å². The lowest BCUT2D eigenvalue weighted by Gasteiger charge is -2.09. The summed E-state index contributed by atoms with van der Waals surface area (Å²) < 4.78 is 14.1. The molecule has 108 valence electrons. The van der Waals surface area contributed by atoms with Crippen molar-refractivity contribution in [1.29, 1.82) is 0 Å². The first kappa shape index (κ1) is 15.5. The summed E-state index contributed by atoms with van der Waals surface area (Å²) in [5.74, 6) is -2.97. The first-order chi connectivity index (χ1) is 9.90. The number of carbonyl (C=O) groups is 2. The van der Waals surface area contributed by atoms with E-state index in [9.17, 15) is 14.0 Å². The Morgan fingerprint density at radius 2 is 1.95 bits per heavy atom. The molecule has 0 unspecified atom stereocenters. The van der Waals surface area contributed by atoms with Crippen LogP contribution in [0.25, 0.3) is 0 Å². The van der Waals surface area contributed by atoms with Crippen molar-refractivity contribution in [3.05, 3.63) is 62.8 Å². The molecule has 0 atom stereocenters. The average Bonchev–Trinajstić information content (AvgIpc) is 2.41. The van der Waals surface area contributed by atoms with Gasteiger partial charge in [0, 0.05) is 10.0 Å². The third-order valence-corrected chi connectivity index (χ3v) is 3.89. The van der Waals surface area contributed by atoms with Crippen molar-refractivity contribution in [3.8, 4) is 0 Å². The average molecular weight is 373 g/mol. The van der Waals surface area contributed by atoms with Crippen LogP contribution < -0.4 is 5.32 Å². The summed E-state index contributed by atoms with van der Waals surface area (Å²) in [6.45, 7) is 0. The predicted molar refractivity (Wildman–Crippen MR) is 80.5 cm³/mol. The molecule has 0 aromatic heterocycles. The van der Waals surface area contributed by atoms with Gasteiger partial charge in [-0.25, -0.2) is 9.18 Å². The molecule has 0 radical (unpaired) electrons. The van der Waals surface area contributed by atoms with Gasteiger partial charge in [0.15, 0.2) is 0 Å². The number of halogens is 3. The third-order valence-electron chi connectivity index (χ3n) is 2.66. The number of benzene rings is 2. The van der Waals surface area contributed by atoms with E-state index in [0.29, 0.717) is 9.50 Å². The Kier molecular flexibility index (Phi) is 4.59. The van der Waals surface area contributed by atoms with Crippen LogP contribution in [0.15, 0.2) is 40.9 Å². The molecule has 0 heterocycles. The zero-order chi connectivity index (χ0) is 15.6. The second-order valence-corrected chi connectivity index (χ2v) is 5.31. The molecule has 2 aromatic rings. The number of carboxylic acid groups (broad SMARTS) is 1. The van der Waals surface area contributed by atoms with Crippen LogP contribution in [0.4, 0.5) is 10.1 Å². The summed E-state index contributed by atoms with van der Waals surface area (Å²) in [6, 6.07) is 8.14. The fourth-order valence-electron chi connectivity index (χ4n) is 1.68. The molecule has 0 saturated heterocycles. The van der Waals surface area contributed by atoms with E-state index < -0.39 is 23.3 Å². The maximum absolute atomic E-state index is 13.5. The molecular weight excluding hydrogens is 365 g/mol.